The molecule has 0 aromatic rings. The second-order valence-corrected chi connectivity index (χ2v) is 12.1. The van der Waals surface area contributed by atoms with Crippen molar-refractivity contribution in [3.05, 3.63) is 23.8 Å². The quantitative estimate of drug-likeness (QED) is 0.150. The lowest BCUT2D eigenvalue weighted by atomic mass is 9.39. The second kappa shape index (κ2) is 8.53. The maximum absolute atomic E-state index is 12.6. The summed E-state index contributed by atoms with van der Waals surface area (Å²) in [4.78, 5) is 12.6. The molecule has 6 aliphatic rings. The van der Waals surface area contributed by atoms with Crippen molar-refractivity contribution in [1.82, 2.24) is 0 Å². The molecule has 2 saturated carbocycles. The monoisotopic (exact) mass is 540 g/mol. The molecule has 6 rings (SSSR count). The zero-order valence-electron chi connectivity index (χ0n) is 21.2. The number of carbonyl (C=O) groups excluding carboxylic acids is 1. The normalized spacial score (nSPS) is 57.6. The number of hydrogen-bond donors (Lipinski definition) is 7. The van der Waals surface area contributed by atoms with Gasteiger partial charge in [-0.1, -0.05) is 25.2 Å². The van der Waals surface area contributed by atoms with Crippen molar-refractivity contribution in [3.8, 4) is 0 Å². The highest BCUT2D eigenvalue weighted by Gasteiger charge is 2.81. The third-order valence-electron chi connectivity index (χ3n) is 10.5. The first kappa shape index (κ1) is 26.8. The molecule has 0 aromatic heterocycles. The number of hydrogen-bond acceptors (Lipinski definition) is 12. The Hall–Kier alpha value is -1.45. The van der Waals surface area contributed by atoms with Gasteiger partial charge in [-0.3, -0.25) is 4.79 Å². The lowest BCUT2D eigenvalue weighted by Crippen LogP contribution is -2.75. The van der Waals surface area contributed by atoms with E-state index in [1.807, 2.05) is 6.92 Å². The Kier molecular flexibility index (Phi) is 6.00. The summed E-state index contributed by atoms with van der Waals surface area (Å²) in [5, 5.41) is 75.4. The largest absolute Gasteiger partial charge is 0.462 e. The summed E-state index contributed by atoms with van der Waals surface area (Å²) in [6.07, 6.45) is -10.1. The third kappa shape index (κ3) is 3.13. The smallest absolute Gasteiger partial charge is 0.306 e. The van der Waals surface area contributed by atoms with Crippen LogP contribution in [0.2, 0.25) is 0 Å². The number of carbonyl (C=O) groups is 1. The summed E-state index contributed by atoms with van der Waals surface area (Å²) in [5.74, 6) is -4.33. The molecule has 5 fully saturated rings. The van der Waals surface area contributed by atoms with E-state index in [-0.39, 0.29) is 13.0 Å². The van der Waals surface area contributed by atoms with E-state index in [9.17, 15) is 40.5 Å². The van der Waals surface area contributed by atoms with Gasteiger partial charge in [0.2, 0.25) is 0 Å². The first-order chi connectivity index (χ1) is 17.8. The molecule has 7 N–H and O–H groups in total. The van der Waals surface area contributed by atoms with Crippen LogP contribution in [-0.2, 0) is 23.7 Å². The van der Waals surface area contributed by atoms with E-state index in [2.05, 4.69) is 6.58 Å². The zero-order chi connectivity index (χ0) is 27.5. The van der Waals surface area contributed by atoms with Crippen LogP contribution in [0.25, 0.3) is 0 Å². The summed E-state index contributed by atoms with van der Waals surface area (Å²) < 4.78 is 23.3. The molecule has 3 saturated heterocycles. The zero-order valence-corrected chi connectivity index (χ0v) is 21.2. The Morgan fingerprint density at radius 3 is 2.53 bits per heavy atom. The number of aliphatic hydroxyl groups is 7. The molecule has 1 spiro atoms. The highest BCUT2D eigenvalue weighted by atomic mass is 16.7. The molecule has 212 valence electrons. The molecule has 38 heavy (non-hydrogen) atoms. The molecule has 15 atom stereocenters. The maximum Gasteiger partial charge on any atom is 0.306 e. The van der Waals surface area contributed by atoms with Crippen LogP contribution in [0.15, 0.2) is 23.8 Å². The van der Waals surface area contributed by atoms with Gasteiger partial charge in [0.25, 0.3) is 0 Å². The average Bonchev–Trinajstić information content (AvgIpc) is 3.18. The van der Waals surface area contributed by atoms with E-state index in [4.69, 9.17) is 18.9 Å². The first-order valence-corrected chi connectivity index (χ1v) is 13.1. The molecule has 12 heteroatoms. The number of esters is 1. The number of aliphatic hydroxyl groups excluding tert-OH is 6. The fourth-order valence-electron chi connectivity index (χ4n) is 8.72. The molecule has 12 nitrogen and oxygen atoms in total. The summed E-state index contributed by atoms with van der Waals surface area (Å²) in [6.45, 7) is 6.99. The van der Waals surface area contributed by atoms with Gasteiger partial charge in [-0.25, -0.2) is 0 Å². The van der Waals surface area contributed by atoms with Gasteiger partial charge in [0.15, 0.2) is 12.1 Å². The lowest BCUT2D eigenvalue weighted by Gasteiger charge is -2.67. The van der Waals surface area contributed by atoms with Crippen LogP contribution < -0.4 is 0 Å². The van der Waals surface area contributed by atoms with E-state index in [1.165, 1.54) is 0 Å². The molecular weight excluding hydrogens is 504 g/mol. The van der Waals surface area contributed by atoms with Crippen molar-refractivity contribution < 1.29 is 59.5 Å². The highest BCUT2D eigenvalue weighted by Crippen LogP contribution is 2.73. The van der Waals surface area contributed by atoms with Gasteiger partial charge in [-0.2, -0.15) is 0 Å². The number of rotatable bonds is 3. The highest BCUT2D eigenvalue weighted by molar-refractivity contribution is 5.72. The van der Waals surface area contributed by atoms with E-state index in [0.717, 1.165) is 5.57 Å². The minimum Gasteiger partial charge on any atom is -0.462 e. The van der Waals surface area contributed by atoms with Crippen LogP contribution in [-0.4, -0.2) is 116 Å². The van der Waals surface area contributed by atoms with Crippen molar-refractivity contribution in [2.45, 2.75) is 87.6 Å². The third-order valence-corrected chi connectivity index (χ3v) is 10.5. The van der Waals surface area contributed by atoms with E-state index < -0.39 is 102 Å². The molecule has 0 unspecified atom stereocenters. The van der Waals surface area contributed by atoms with E-state index in [1.54, 1.807) is 13.0 Å². The minimum atomic E-state index is -2.10. The number of ether oxygens (including phenoxy) is 4. The fraction of sp³-hybridized carbons (Fsp3) is 0.808. The molecule has 0 aromatic carbocycles. The second-order valence-electron chi connectivity index (χ2n) is 12.1. The average molecular weight is 541 g/mol. The van der Waals surface area contributed by atoms with Gasteiger partial charge in [-0.15, -0.1) is 0 Å². The van der Waals surface area contributed by atoms with Gasteiger partial charge in [-0.05, 0) is 24.8 Å². The van der Waals surface area contributed by atoms with Gasteiger partial charge in [0.05, 0.1) is 25.7 Å². The van der Waals surface area contributed by atoms with Crippen molar-refractivity contribution in [1.29, 1.82) is 0 Å². The Morgan fingerprint density at radius 2 is 1.84 bits per heavy atom. The topological polar surface area (TPSA) is 196 Å². The van der Waals surface area contributed by atoms with Crippen LogP contribution in [0, 0.1) is 28.6 Å². The fourth-order valence-corrected chi connectivity index (χ4v) is 8.72. The first-order valence-electron chi connectivity index (χ1n) is 13.1. The van der Waals surface area contributed by atoms with Crippen molar-refractivity contribution >= 4 is 5.97 Å². The van der Waals surface area contributed by atoms with Crippen molar-refractivity contribution in [3.63, 3.8) is 0 Å². The predicted molar refractivity (Wildman–Crippen MR) is 125 cm³/mol. The van der Waals surface area contributed by atoms with E-state index >= 15 is 0 Å². The Morgan fingerprint density at radius 1 is 1.13 bits per heavy atom. The number of allylic oxidation sites excluding steroid dienone is 1. The molecule has 0 amide bonds. The standard InChI is InChI=1S/C26H36O12/c1-9-4-13(36-22-19(31)18(30)17(29)14(7-27)37-22)21(33)24(3)11(9)5-15-25-8-35-26(34,23(24)25)20(32)10(2)12(25)6-16(28)38-15/h4,11-15,17-23,27,29-34H,2,5-8H2,1,3H3/t11-,12-,13-,14+,15+,17+,18-,19+,20+,21+,22+,23+,24+,25+,26-/m0/s1. The van der Waals surface area contributed by atoms with Crippen LogP contribution in [0.1, 0.15) is 26.7 Å². The Balaban J connectivity index is 1.41. The molecule has 2 bridgehead atoms. The lowest BCUT2D eigenvalue weighted by molar-refractivity contribution is -0.335. The molecule has 3 aliphatic carbocycles. The molecule has 3 aliphatic heterocycles. The SMILES string of the molecule is C=C1[C@@H](O)[C@]2(O)OC[C@]34[C@H]2[C@@]2(C)[C@H](O)[C@@H](O[C@@H]5O[C@H](CO)[C@@H](O)[C@H](O)[C@H]5O)C=C(C)[C@@H]2C[C@H]3OC(=O)C[C@@H]14. The molecule has 3 heterocycles. The summed E-state index contributed by atoms with van der Waals surface area (Å²) in [7, 11) is 0. The molecular formula is C26H36O12. The summed E-state index contributed by atoms with van der Waals surface area (Å²) in [6, 6.07) is 0. The van der Waals surface area contributed by atoms with Gasteiger partial charge >= 0.3 is 5.97 Å². The van der Waals surface area contributed by atoms with Crippen LogP contribution in [0.4, 0.5) is 0 Å². The summed E-state index contributed by atoms with van der Waals surface area (Å²) >= 11 is 0. The Bertz CT molecular complexity index is 1060. The minimum absolute atomic E-state index is 0.00286. The van der Waals surface area contributed by atoms with E-state index in [0.29, 0.717) is 12.0 Å². The van der Waals surface area contributed by atoms with Crippen LogP contribution in [0.3, 0.4) is 0 Å². The maximum atomic E-state index is 12.6. The van der Waals surface area contributed by atoms with Gasteiger partial charge in [0.1, 0.15) is 42.7 Å². The van der Waals surface area contributed by atoms with Gasteiger partial charge < -0.3 is 54.7 Å². The van der Waals surface area contributed by atoms with Crippen molar-refractivity contribution in [2.75, 3.05) is 13.2 Å². The van der Waals surface area contributed by atoms with Crippen LogP contribution >= 0.6 is 0 Å². The predicted octanol–water partition coefficient (Wildman–Crippen LogP) is -2.30. The number of fused-ring (bicyclic) bond motifs is 1. The van der Waals surface area contributed by atoms with Crippen LogP contribution in [0.5, 0.6) is 0 Å². The summed E-state index contributed by atoms with van der Waals surface area (Å²) in [5.41, 5.74) is -1.03. The van der Waals surface area contributed by atoms with Gasteiger partial charge in [0, 0.05) is 22.7 Å². The molecule has 0 radical (unpaired) electrons. The Labute approximate surface area is 219 Å². The van der Waals surface area contributed by atoms with Crippen molar-refractivity contribution in [2.24, 2.45) is 28.6 Å².